The van der Waals surface area contributed by atoms with Crippen molar-refractivity contribution in [2.45, 2.75) is 37.5 Å². The van der Waals surface area contributed by atoms with Gasteiger partial charge in [0.15, 0.2) is 0 Å². The molecule has 2 aliphatic heterocycles. The van der Waals surface area contributed by atoms with Crippen molar-refractivity contribution in [3.05, 3.63) is 48.3 Å². The summed E-state index contributed by atoms with van der Waals surface area (Å²) in [6.45, 7) is 2.33. The van der Waals surface area contributed by atoms with E-state index in [0.29, 0.717) is 24.3 Å². The lowest BCUT2D eigenvalue weighted by molar-refractivity contribution is -0.137. The molecule has 1 aromatic heterocycles. The van der Waals surface area contributed by atoms with Crippen molar-refractivity contribution in [1.29, 1.82) is 0 Å². The Hall–Kier alpha value is -2.39. The van der Waals surface area contributed by atoms with Gasteiger partial charge in [-0.1, -0.05) is 0 Å². The van der Waals surface area contributed by atoms with Crippen LogP contribution in [-0.4, -0.2) is 41.7 Å². The molecule has 156 valence electrons. The zero-order chi connectivity index (χ0) is 20.3. The van der Waals surface area contributed by atoms with E-state index in [1.807, 2.05) is 6.07 Å². The van der Waals surface area contributed by atoms with Crippen LogP contribution in [0.15, 0.2) is 42.7 Å². The highest BCUT2D eigenvalue weighted by molar-refractivity contribution is 5.31. The van der Waals surface area contributed by atoms with E-state index in [2.05, 4.69) is 25.7 Å². The van der Waals surface area contributed by atoms with Gasteiger partial charge in [0, 0.05) is 37.6 Å². The Kier molecular flexibility index (Phi) is 5.86. The van der Waals surface area contributed by atoms with Gasteiger partial charge in [0.2, 0.25) is 5.95 Å². The average molecular weight is 407 g/mol. The van der Waals surface area contributed by atoms with Gasteiger partial charge in [-0.05, 0) is 55.5 Å². The maximum Gasteiger partial charge on any atom is 0.416 e. The van der Waals surface area contributed by atoms with E-state index in [0.717, 1.165) is 50.4 Å². The van der Waals surface area contributed by atoms with E-state index in [-0.39, 0.29) is 6.04 Å². The Morgan fingerprint density at radius 1 is 1.10 bits per heavy atom. The van der Waals surface area contributed by atoms with Crippen LogP contribution < -0.4 is 20.5 Å². The number of hydrogen-bond donors (Lipinski definition) is 2. The number of nitrogens with zero attached hydrogens (tertiary/aromatic N) is 3. The molecular weight excluding hydrogens is 383 g/mol. The van der Waals surface area contributed by atoms with Gasteiger partial charge in [-0.15, -0.1) is 0 Å². The highest BCUT2D eigenvalue weighted by Crippen LogP contribution is 2.30. The molecule has 3 heterocycles. The largest absolute Gasteiger partial charge is 0.494 e. The fourth-order valence-corrected chi connectivity index (χ4v) is 3.96. The number of aromatic nitrogens is 2. The minimum atomic E-state index is -4.32. The first-order valence-corrected chi connectivity index (χ1v) is 9.82. The molecule has 0 saturated carbocycles. The first kappa shape index (κ1) is 19.9. The van der Waals surface area contributed by atoms with Crippen LogP contribution in [0.5, 0.6) is 5.75 Å². The summed E-state index contributed by atoms with van der Waals surface area (Å²) in [5, 5.41) is 0. The summed E-state index contributed by atoms with van der Waals surface area (Å²) in [6, 6.07) is 7.29. The molecule has 0 amide bonds. The third kappa shape index (κ3) is 4.97. The highest BCUT2D eigenvalue weighted by atomic mass is 19.4. The van der Waals surface area contributed by atoms with Gasteiger partial charge >= 0.3 is 6.18 Å². The molecule has 3 atom stereocenters. The summed E-state index contributed by atoms with van der Waals surface area (Å²) in [7, 11) is 0. The standard InChI is InChI=1S/C20H24F3N5O/c21-20(22,23)15-2-4-17(5-3-15)29-11-7-16-12-18(27-26-16)14-6-10-28(13-14)19-24-8-1-9-25-19/h1-5,8-9,14,16,18,26-27H,6-7,10-13H2. The van der Waals surface area contributed by atoms with Gasteiger partial charge in [0.05, 0.1) is 12.2 Å². The van der Waals surface area contributed by atoms with Crippen LogP contribution in [0, 0.1) is 5.92 Å². The number of nitrogens with one attached hydrogen (secondary N) is 2. The number of hydrogen-bond acceptors (Lipinski definition) is 6. The Morgan fingerprint density at radius 2 is 1.86 bits per heavy atom. The van der Waals surface area contributed by atoms with Gasteiger partial charge in [-0.2, -0.15) is 13.2 Å². The van der Waals surface area contributed by atoms with Gasteiger partial charge < -0.3 is 9.64 Å². The lowest BCUT2D eigenvalue weighted by Crippen LogP contribution is -2.38. The molecule has 0 bridgehead atoms. The molecule has 9 heteroatoms. The summed E-state index contributed by atoms with van der Waals surface area (Å²) >= 11 is 0. The van der Waals surface area contributed by atoms with Crippen molar-refractivity contribution in [3.63, 3.8) is 0 Å². The predicted octanol–water partition coefficient (Wildman–Crippen LogP) is 3.03. The second kappa shape index (κ2) is 8.54. The van der Waals surface area contributed by atoms with Crippen molar-refractivity contribution in [2.75, 3.05) is 24.6 Å². The third-order valence-electron chi connectivity index (χ3n) is 5.56. The van der Waals surface area contributed by atoms with Crippen LogP contribution >= 0.6 is 0 Å². The summed E-state index contributed by atoms with van der Waals surface area (Å²) < 4.78 is 43.4. The van der Waals surface area contributed by atoms with E-state index in [4.69, 9.17) is 4.74 Å². The summed E-state index contributed by atoms with van der Waals surface area (Å²) in [6.07, 6.45) is 2.06. The topological polar surface area (TPSA) is 62.3 Å². The molecule has 2 aliphatic rings. The molecule has 2 aromatic rings. The van der Waals surface area contributed by atoms with Gasteiger partial charge in [0.25, 0.3) is 0 Å². The van der Waals surface area contributed by atoms with Gasteiger partial charge in [-0.3, -0.25) is 10.9 Å². The normalized spacial score (nSPS) is 24.8. The van der Waals surface area contributed by atoms with E-state index in [9.17, 15) is 13.2 Å². The number of benzene rings is 1. The quantitative estimate of drug-likeness (QED) is 0.768. The SMILES string of the molecule is FC(F)(F)c1ccc(OCCC2CC(C3CCN(c4ncccn4)C3)NN2)cc1. The van der Waals surface area contributed by atoms with Crippen molar-refractivity contribution >= 4 is 5.95 Å². The molecule has 1 aromatic carbocycles. The van der Waals surface area contributed by atoms with Crippen molar-refractivity contribution < 1.29 is 17.9 Å². The highest BCUT2D eigenvalue weighted by Gasteiger charge is 2.35. The molecule has 3 unspecified atom stereocenters. The molecule has 6 nitrogen and oxygen atoms in total. The number of halogens is 3. The summed E-state index contributed by atoms with van der Waals surface area (Å²) in [4.78, 5) is 10.9. The van der Waals surface area contributed by atoms with Crippen LogP contribution in [0.2, 0.25) is 0 Å². The van der Waals surface area contributed by atoms with Crippen molar-refractivity contribution in [1.82, 2.24) is 20.8 Å². The van der Waals surface area contributed by atoms with E-state index in [1.54, 1.807) is 12.4 Å². The first-order chi connectivity index (χ1) is 14.0. The summed E-state index contributed by atoms with van der Waals surface area (Å²) in [5.41, 5.74) is 6.05. The van der Waals surface area contributed by atoms with Crippen molar-refractivity contribution in [3.8, 4) is 5.75 Å². The molecule has 4 rings (SSSR count). The van der Waals surface area contributed by atoms with Crippen LogP contribution in [0.1, 0.15) is 24.8 Å². The number of hydrazine groups is 1. The molecule has 2 fully saturated rings. The van der Waals surface area contributed by atoms with E-state index < -0.39 is 11.7 Å². The van der Waals surface area contributed by atoms with Crippen molar-refractivity contribution in [2.24, 2.45) is 5.92 Å². The minimum Gasteiger partial charge on any atom is -0.494 e. The number of anilines is 1. The smallest absolute Gasteiger partial charge is 0.416 e. The molecule has 0 aliphatic carbocycles. The second-order valence-electron chi connectivity index (χ2n) is 7.53. The molecule has 29 heavy (non-hydrogen) atoms. The Morgan fingerprint density at radius 3 is 2.59 bits per heavy atom. The van der Waals surface area contributed by atoms with Gasteiger partial charge in [-0.25, -0.2) is 9.97 Å². The fourth-order valence-electron chi connectivity index (χ4n) is 3.96. The maximum absolute atomic E-state index is 12.6. The lowest BCUT2D eigenvalue weighted by Gasteiger charge is -2.19. The fraction of sp³-hybridized carbons (Fsp3) is 0.500. The third-order valence-corrected chi connectivity index (χ3v) is 5.56. The number of rotatable bonds is 6. The zero-order valence-electron chi connectivity index (χ0n) is 15.9. The second-order valence-corrected chi connectivity index (χ2v) is 7.53. The molecule has 2 saturated heterocycles. The average Bonchev–Trinajstić information content (AvgIpc) is 3.38. The number of alkyl halides is 3. The molecular formula is C20H24F3N5O. The Balaban J connectivity index is 1.20. The monoisotopic (exact) mass is 407 g/mol. The molecule has 0 spiro atoms. The maximum atomic E-state index is 12.6. The van der Waals surface area contributed by atoms with E-state index >= 15 is 0 Å². The minimum absolute atomic E-state index is 0.275. The van der Waals surface area contributed by atoms with Gasteiger partial charge in [0.1, 0.15) is 5.75 Å². The predicted molar refractivity (Wildman–Crippen MR) is 102 cm³/mol. The molecule has 0 radical (unpaired) electrons. The zero-order valence-corrected chi connectivity index (χ0v) is 15.9. The van der Waals surface area contributed by atoms with E-state index in [1.165, 1.54) is 12.1 Å². The first-order valence-electron chi connectivity index (χ1n) is 9.82. The van der Waals surface area contributed by atoms with Crippen LogP contribution in [0.4, 0.5) is 19.1 Å². The van der Waals surface area contributed by atoms with Crippen LogP contribution in [0.3, 0.4) is 0 Å². The van der Waals surface area contributed by atoms with Crippen LogP contribution in [0.25, 0.3) is 0 Å². The summed E-state index contributed by atoms with van der Waals surface area (Å²) in [5.74, 6) is 1.75. The lowest BCUT2D eigenvalue weighted by atomic mass is 9.94. The number of ether oxygens (including phenoxy) is 1. The van der Waals surface area contributed by atoms with Crippen LogP contribution in [-0.2, 0) is 6.18 Å². The Labute approximate surface area is 167 Å². The molecule has 2 N–H and O–H groups in total. The Bertz CT molecular complexity index is 787.